The van der Waals surface area contributed by atoms with Crippen LogP contribution in [0.25, 0.3) is 0 Å². The number of nitrogens with one attached hydrogen (secondary N) is 1. The molecule has 2 rings (SSSR count). The fourth-order valence-corrected chi connectivity index (χ4v) is 2.78. The van der Waals surface area contributed by atoms with Gasteiger partial charge >= 0.3 is 0 Å². The first-order valence-electron chi connectivity index (χ1n) is 8.18. The van der Waals surface area contributed by atoms with Gasteiger partial charge in [0.15, 0.2) is 0 Å². The summed E-state index contributed by atoms with van der Waals surface area (Å²) in [5.74, 6) is -0.526. The maximum absolute atomic E-state index is 12.4. The average molecular weight is 331 g/mol. The van der Waals surface area contributed by atoms with Gasteiger partial charge in [0.05, 0.1) is 0 Å². The summed E-state index contributed by atoms with van der Waals surface area (Å²) in [7, 11) is 0. The molecule has 0 bridgehead atoms. The summed E-state index contributed by atoms with van der Waals surface area (Å²) in [5.41, 5.74) is 5.84. The summed E-state index contributed by atoms with van der Waals surface area (Å²) in [6.45, 7) is 6.93. The Balaban J connectivity index is 1.89. The van der Waals surface area contributed by atoms with Gasteiger partial charge in [0.1, 0.15) is 0 Å². The van der Waals surface area contributed by atoms with Crippen LogP contribution in [0.2, 0.25) is 0 Å². The van der Waals surface area contributed by atoms with Crippen molar-refractivity contribution in [2.24, 2.45) is 17.1 Å². The molecular formula is C18H25N3O3. The standard InChI is InChI=1S/C18H25N3O3/c1-18(2,3)17(24)21-10-8-13(9-11-21)16(23)20-14-6-4-12(5-7-14)15(19)22/h4-7,13H,8-11H2,1-3H3,(H2,19,22)(H,20,23). The molecule has 0 aromatic heterocycles. The number of hydrogen-bond donors (Lipinski definition) is 2. The Morgan fingerprint density at radius 1 is 1.08 bits per heavy atom. The smallest absolute Gasteiger partial charge is 0.248 e. The topological polar surface area (TPSA) is 92.5 Å². The van der Waals surface area contributed by atoms with Crippen LogP contribution in [0.15, 0.2) is 24.3 Å². The Kier molecular flexibility index (Phi) is 5.26. The first kappa shape index (κ1) is 18.0. The second kappa shape index (κ2) is 7.03. The van der Waals surface area contributed by atoms with Gasteiger partial charge in [0, 0.05) is 35.7 Å². The molecule has 1 aromatic rings. The average Bonchev–Trinajstić information content (AvgIpc) is 2.54. The highest BCUT2D eigenvalue weighted by Crippen LogP contribution is 2.24. The van der Waals surface area contributed by atoms with E-state index in [1.165, 1.54) is 0 Å². The van der Waals surface area contributed by atoms with Crippen molar-refractivity contribution < 1.29 is 14.4 Å². The number of rotatable bonds is 3. The lowest BCUT2D eigenvalue weighted by atomic mass is 9.90. The van der Waals surface area contributed by atoms with Gasteiger partial charge in [0.2, 0.25) is 17.7 Å². The third-order valence-electron chi connectivity index (χ3n) is 4.23. The lowest BCUT2D eigenvalue weighted by molar-refractivity contribution is -0.142. The zero-order valence-corrected chi connectivity index (χ0v) is 14.5. The maximum atomic E-state index is 12.4. The highest BCUT2D eigenvalue weighted by molar-refractivity contribution is 5.95. The minimum absolute atomic E-state index is 0.0512. The first-order chi connectivity index (χ1) is 11.2. The van der Waals surface area contributed by atoms with Crippen molar-refractivity contribution in [1.29, 1.82) is 0 Å². The predicted octanol–water partition coefficient (Wildman–Crippen LogP) is 2.01. The number of nitrogens with zero attached hydrogens (tertiary/aromatic N) is 1. The van der Waals surface area contributed by atoms with E-state index in [0.717, 1.165) is 0 Å². The molecule has 130 valence electrons. The van der Waals surface area contributed by atoms with Gasteiger partial charge in [-0.05, 0) is 37.1 Å². The molecule has 1 aliphatic heterocycles. The molecule has 0 unspecified atom stereocenters. The van der Waals surface area contributed by atoms with Gasteiger partial charge in [-0.15, -0.1) is 0 Å². The van der Waals surface area contributed by atoms with Gasteiger partial charge in [-0.3, -0.25) is 14.4 Å². The predicted molar refractivity (Wildman–Crippen MR) is 92.3 cm³/mol. The Hall–Kier alpha value is -2.37. The second-order valence-corrected chi connectivity index (χ2v) is 7.25. The number of piperidine rings is 1. The molecular weight excluding hydrogens is 306 g/mol. The summed E-state index contributed by atoms with van der Waals surface area (Å²) in [4.78, 5) is 37.5. The number of benzene rings is 1. The van der Waals surface area contributed by atoms with Crippen LogP contribution in [0.5, 0.6) is 0 Å². The number of hydrogen-bond acceptors (Lipinski definition) is 3. The van der Waals surface area contributed by atoms with Crippen molar-refractivity contribution in [3.8, 4) is 0 Å². The van der Waals surface area contributed by atoms with Gasteiger partial charge in [-0.2, -0.15) is 0 Å². The van der Waals surface area contributed by atoms with Crippen LogP contribution in [-0.4, -0.2) is 35.7 Å². The summed E-state index contributed by atoms with van der Waals surface area (Å²) >= 11 is 0. The molecule has 1 saturated heterocycles. The Morgan fingerprint density at radius 2 is 1.62 bits per heavy atom. The van der Waals surface area contributed by atoms with Crippen molar-refractivity contribution >= 4 is 23.4 Å². The molecule has 0 atom stereocenters. The van der Waals surface area contributed by atoms with E-state index in [1.807, 2.05) is 25.7 Å². The summed E-state index contributed by atoms with van der Waals surface area (Å²) in [5, 5.41) is 2.86. The van der Waals surface area contributed by atoms with E-state index >= 15 is 0 Å². The zero-order valence-electron chi connectivity index (χ0n) is 14.5. The quantitative estimate of drug-likeness (QED) is 0.887. The summed E-state index contributed by atoms with van der Waals surface area (Å²) in [6.07, 6.45) is 1.32. The van der Waals surface area contributed by atoms with Crippen LogP contribution in [0.3, 0.4) is 0 Å². The first-order valence-corrected chi connectivity index (χ1v) is 8.18. The number of nitrogens with two attached hydrogens (primary N) is 1. The summed E-state index contributed by atoms with van der Waals surface area (Å²) in [6, 6.07) is 6.50. The molecule has 0 aliphatic carbocycles. The molecule has 1 heterocycles. The van der Waals surface area contributed by atoms with Crippen molar-refractivity contribution in [2.75, 3.05) is 18.4 Å². The number of amides is 3. The molecule has 0 saturated carbocycles. The number of carbonyl (C=O) groups excluding carboxylic acids is 3. The van der Waals surface area contributed by atoms with Crippen LogP contribution < -0.4 is 11.1 Å². The van der Waals surface area contributed by atoms with Crippen molar-refractivity contribution in [3.63, 3.8) is 0 Å². The third-order valence-corrected chi connectivity index (χ3v) is 4.23. The van der Waals surface area contributed by atoms with Crippen molar-refractivity contribution in [2.45, 2.75) is 33.6 Å². The highest BCUT2D eigenvalue weighted by Gasteiger charge is 2.32. The lowest BCUT2D eigenvalue weighted by Gasteiger charge is -2.35. The van der Waals surface area contributed by atoms with Crippen LogP contribution in [-0.2, 0) is 9.59 Å². The molecule has 1 aliphatic rings. The molecule has 0 radical (unpaired) electrons. The number of likely N-dealkylation sites (tertiary alicyclic amines) is 1. The van der Waals surface area contributed by atoms with Crippen molar-refractivity contribution in [1.82, 2.24) is 4.90 Å². The van der Waals surface area contributed by atoms with Gasteiger partial charge in [-0.1, -0.05) is 20.8 Å². The molecule has 3 amide bonds. The highest BCUT2D eigenvalue weighted by atomic mass is 16.2. The fourth-order valence-electron chi connectivity index (χ4n) is 2.78. The van der Waals surface area contributed by atoms with Crippen LogP contribution in [0.4, 0.5) is 5.69 Å². The van der Waals surface area contributed by atoms with Gasteiger partial charge in [-0.25, -0.2) is 0 Å². The Labute approximate surface area is 142 Å². The summed E-state index contributed by atoms with van der Waals surface area (Å²) < 4.78 is 0. The third kappa shape index (κ3) is 4.34. The van der Waals surface area contributed by atoms with E-state index in [0.29, 0.717) is 37.2 Å². The van der Waals surface area contributed by atoms with Crippen LogP contribution in [0, 0.1) is 11.3 Å². The minimum atomic E-state index is -0.497. The Morgan fingerprint density at radius 3 is 2.08 bits per heavy atom. The van der Waals surface area contributed by atoms with E-state index in [9.17, 15) is 14.4 Å². The van der Waals surface area contributed by atoms with Crippen LogP contribution >= 0.6 is 0 Å². The van der Waals surface area contributed by atoms with E-state index in [4.69, 9.17) is 5.73 Å². The van der Waals surface area contributed by atoms with E-state index in [1.54, 1.807) is 24.3 Å². The molecule has 1 aromatic carbocycles. The van der Waals surface area contributed by atoms with Gasteiger partial charge in [0.25, 0.3) is 0 Å². The van der Waals surface area contributed by atoms with E-state index in [2.05, 4.69) is 5.32 Å². The SMILES string of the molecule is CC(C)(C)C(=O)N1CCC(C(=O)Nc2ccc(C(N)=O)cc2)CC1. The number of anilines is 1. The second-order valence-electron chi connectivity index (χ2n) is 7.25. The monoisotopic (exact) mass is 331 g/mol. The minimum Gasteiger partial charge on any atom is -0.366 e. The largest absolute Gasteiger partial charge is 0.366 e. The molecule has 6 nitrogen and oxygen atoms in total. The van der Waals surface area contributed by atoms with Gasteiger partial charge < -0.3 is 16.0 Å². The zero-order chi connectivity index (χ0) is 17.9. The van der Waals surface area contributed by atoms with E-state index < -0.39 is 11.3 Å². The number of primary amides is 1. The Bertz CT molecular complexity index is 624. The van der Waals surface area contributed by atoms with E-state index in [-0.39, 0.29) is 17.7 Å². The normalized spacial score (nSPS) is 15.9. The molecule has 3 N–H and O–H groups in total. The fraction of sp³-hybridized carbons (Fsp3) is 0.500. The maximum Gasteiger partial charge on any atom is 0.248 e. The molecule has 6 heteroatoms. The van der Waals surface area contributed by atoms with Crippen LogP contribution in [0.1, 0.15) is 44.0 Å². The lowest BCUT2D eigenvalue weighted by Crippen LogP contribution is -2.45. The van der Waals surface area contributed by atoms with Crippen molar-refractivity contribution in [3.05, 3.63) is 29.8 Å². The number of carbonyl (C=O) groups is 3. The molecule has 24 heavy (non-hydrogen) atoms. The molecule has 0 spiro atoms. The molecule has 1 fully saturated rings.